The number of benzene rings is 2. The quantitative estimate of drug-likeness (QED) is 0.880. The predicted molar refractivity (Wildman–Crippen MR) is 109 cm³/mol. The Labute approximate surface area is 162 Å². The number of nitrogens with zero attached hydrogens (tertiary/aromatic N) is 2. The van der Waals surface area contributed by atoms with E-state index in [-0.39, 0.29) is 11.9 Å². The number of hydrogen-bond acceptors (Lipinski definition) is 3. The Bertz CT molecular complexity index is 767. The van der Waals surface area contributed by atoms with Gasteiger partial charge in [0.2, 0.25) is 0 Å². The number of piperazine rings is 1. The van der Waals surface area contributed by atoms with Crippen LogP contribution >= 0.6 is 0 Å². The maximum absolute atomic E-state index is 13.3. The van der Waals surface area contributed by atoms with E-state index in [9.17, 15) is 9.90 Å². The number of rotatable bonds is 5. The summed E-state index contributed by atoms with van der Waals surface area (Å²) in [4.78, 5) is 17.6. The van der Waals surface area contributed by atoms with E-state index in [4.69, 9.17) is 0 Å². The van der Waals surface area contributed by atoms with Crippen LogP contribution in [-0.4, -0.2) is 53.1 Å². The fraction of sp³-hybridized carbons (Fsp3) is 0.435. The van der Waals surface area contributed by atoms with Crippen molar-refractivity contribution in [2.24, 2.45) is 0 Å². The summed E-state index contributed by atoms with van der Waals surface area (Å²) < 4.78 is 0. The van der Waals surface area contributed by atoms with Gasteiger partial charge in [-0.1, -0.05) is 42.5 Å². The molecular weight excluding hydrogens is 336 g/mol. The van der Waals surface area contributed by atoms with Crippen molar-refractivity contribution in [3.8, 4) is 0 Å². The van der Waals surface area contributed by atoms with E-state index in [1.165, 1.54) is 5.56 Å². The van der Waals surface area contributed by atoms with Crippen LogP contribution in [0.4, 0.5) is 0 Å². The minimum absolute atomic E-state index is 0.0671. The second-order valence-electron chi connectivity index (χ2n) is 8.20. The Morgan fingerprint density at radius 1 is 1.11 bits per heavy atom. The van der Waals surface area contributed by atoms with Gasteiger partial charge in [0.25, 0.3) is 5.91 Å². The number of likely N-dealkylation sites (N-methyl/N-ethyl adjacent to an activating group) is 1. The molecule has 144 valence electrons. The Balaban J connectivity index is 1.81. The summed E-state index contributed by atoms with van der Waals surface area (Å²) in [6.45, 7) is 6.08. The summed E-state index contributed by atoms with van der Waals surface area (Å²) in [6.07, 6.45) is 1.43. The molecular formula is C23H30N2O2. The molecule has 1 atom stereocenters. The monoisotopic (exact) mass is 366 g/mol. The number of carbonyl (C=O) groups excluding carboxylic acids is 1. The van der Waals surface area contributed by atoms with Gasteiger partial charge in [-0.15, -0.1) is 0 Å². The van der Waals surface area contributed by atoms with Crippen LogP contribution in [0.25, 0.3) is 0 Å². The zero-order chi connectivity index (χ0) is 19.4. The first-order valence-electron chi connectivity index (χ1n) is 9.69. The summed E-state index contributed by atoms with van der Waals surface area (Å²) in [5.74, 6) is 0.0852. The molecule has 1 heterocycles. The summed E-state index contributed by atoms with van der Waals surface area (Å²) in [5.41, 5.74) is 2.30. The molecule has 0 unspecified atom stereocenters. The number of aryl methyl sites for hydroxylation is 1. The van der Waals surface area contributed by atoms with Gasteiger partial charge < -0.3 is 14.9 Å². The van der Waals surface area contributed by atoms with Crippen LogP contribution in [0, 0.1) is 0 Å². The molecule has 1 saturated heterocycles. The van der Waals surface area contributed by atoms with E-state index in [1.807, 2.05) is 61.2 Å². The summed E-state index contributed by atoms with van der Waals surface area (Å²) >= 11 is 0. The van der Waals surface area contributed by atoms with Crippen LogP contribution in [0.2, 0.25) is 0 Å². The van der Waals surface area contributed by atoms with Gasteiger partial charge in [0.05, 0.1) is 11.6 Å². The number of amides is 1. The second-order valence-corrected chi connectivity index (χ2v) is 8.20. The highest BCUT2D eigenvalue weighted by molar-refractivity contribution is 5.94. The predicted octanol–water partition coefficient (Wildman–Crippen LogP) is 3.52. The molecule has 0 bridgehead atoms. The highest BCUT2D eigenvalue weighted by Crippen LogP contribution is 2.27. The lowest BCUT2D eigenvalue weighted by molar-refractivity contribution is 0.0498. The Kier molecular flexibility index (Phi) is 5.98. The molecule has 0 aliphatic carbocycles. The standard InChI is InChI=1S/C23H30N2O2/c1-23(2,27)13-12-18-8-7-11-20(16-18)22(26)25-15-14-24(3)17-21(25)19-9-5-4-6-10-19/h4-11,16,21,27H,12-15,17H2,1-3H3/t21-/m1/s1. The van der Waals surface area contributed by atoms with Crippen molar-refractivity contribution in [2.75, 3.05) is 26.7 Å². The lowest BCUT2D eigenvalue weighted by Gasteiger charge is -2.40. The Morgan fingerprint density at radius 2 is 1.85 bits per heavy atom. The highest BCUT2D eigenvalue weighted by Gasteiger charge is 2.30. The van der Waals surface area contributed by atoms with Crippen LogP contribution in [-0.2, 0) is 6.42 Å². The van der Waals surface area contributed by atoms with Crippen molar-refractivity contribution in [1.29, 1.82) is 0 Å². The summed E-state index contributed by atoms with van der Waals surface area (Å²) in [6, 6.07) is 18.2. The fourth-order valence-corrected chi connectivity index (χ4v) is 3.60. The highest BCUT2D eigenvalue weighted by atomic mass is 16.3. The molecule has 0 saturated carbocycles. The van der Waals surface area contributed by atoms with Crippen LogP contribution in [0.3, 0.4) is 0 Å². The SMILES string of the molecule is CN1CCN(C(=O)c2cccc(CCC(C)(C)O)c2)[C@@H](c2ccccc2)C1. The van der Waals surface area contributed by atoms with Gasteiger partial charge >= 0.3 is 0 Å². The summed E-state index contributed by atoms with van der Waals surface area (Å²) in [5, 5.41) is 9.97. The smallest absolute Gasteiger partial charge is 0.254 e. The van der Waals surface area contributed by atoms with E-state index in [0.29, 0.717) is 6.42 Å². The van der Waals surface area contributed by atoms with Crippen molar-refractivity contribution in [1.82, 2.24) is 9.80 Å². The zero-order valence-corrected chi connectivity index (χ0v) is 16.6. The van der Waals surface area contributed by atoms with E-state index in [0.717, 1.165) is 37.2 Å². The normalized spacial score (nSPS) is 18.5. The number of hydrogen-bond donors (Lipinski definition) is 1. The molecule has 27 heavy (non-hydrogen) atoms. The van der Waals surface area contributed by atoms with Crippen molar-refractivity contribution in [3.63, 3.8) is 0 Å². The largest absolute Gasteiger partial charge is 0.390 e. The molecule has 2 aromatic carbocycles. The van der Waals surface area contributed by atoms with Gasteiger partial charge in [-0.25, -0.2) is 0 Å². The molecule has 1 fully saturated rings. The lowest BCUT2D eigenvalue weighted by atomic mass is 9.97. The third-order valence-electron chi connectivity index (χ3n) is 5.23. The van der Waals surface area contributed by atoms with Gasteiger partial charge in [0.1, 0.15) is 0 Å². The average Bonchev–Trinajstić information content (AvgIpc) is 2.66. The summed E-state index contributed by atoms with van der Waals surface area (Å²) in [7, 11) is 2.11. The maximum atomic E-state index is 13.3. The molecule has 0 spiro atoms. The minimum Gasteiger partial charge on any atom is -0.390 e. The first kappa shape index (κ1) is 19.6. The van der Waals surface area contributed by atoms with Gasteiger partial charge in [-0.3, -0.25) is 4.79 Å². The van der Waals surface area contributed by atoms with E-state index >= 15 is 0 Å². The third-order valence-corrected chi connectivity index (χ3v) is 5.23. The van der Waals surface area contributed by atoms with Crippen LogP contribution in [0.5, 0.6) is 0 Å². The molecule has 4 nitrogen and oxygen atoms in total. The Hall–Kier alpha value is -2.17. The van der Waals surface area contributed by atoms with Crippen molar-refractivity contribution in [2.45, 2.75) is 38.3 Å². The van der Waals surface area contributed by atoms with Crippen molar-refractivity contribution >= 4 is 5.91 Å². The van der Waals surface area contributed by atoms with Gasteiger partial charge in [-0.2, -0.15) is 0 Å². The molecule has 4 heteroatoms. The number of aliphatic hydroxyl groups is 1. The first-order chi connectivity index (χ1) is 12.8. The van der Waals surface area contributed by atoms with Crippen LogP contribution in [0.15, 0.2) is 54.6 Å². The second kappa shape index (κ2) is 8.24. The van der Waals surface area contributed by atoms with Crippen molar-refractivity contribution in [3.05, 3.63) is 71.3 Å². The third kappa shape index (κ3) is 5.18. The van der Waals surface area contributed by atoms with Crippen molar-refractivity contribution < 1.29 is 9.90 Å². The Morgan fingerprint density at radius 3 is 2.56 bits per heavy atom. The molecule has 2 aromatic rings. The first-order valence-corrected chi connectivity index (χ1v) is 9.69. The number of carbonyl (C=O) groups is 1. The van der Waals surface area contributed by atoms with Crippen LogP contribution < -0.4 is 0 Å². The van der Waals surface area contributed by atoms with Crippen LogP contribution in [0.1, 0.15) is 47.8 Å². The molecule has 1 aliphatic heterocycles. The van der Waals surface area contributed by atoms with Gasteiger partial charge in [0, 0.05) is 25.2 Å². The van der Waals surface area contributed by atoms with E-state index in [1.54, 1.807) is 0 Å². The molecule has 1 N–H and O–H groups in total. The average molecular weight is 367 g/mol. The van der Waals surface area contributed by atoms with Gasteiger partial charge in [-0.05, 0) is 57.0 Å². The fourth-order valence-electron chi connectivity index (χ4n) is 3.60. The zero-order valence-electron chi connectivity index (χ0n) is 16.6. The molecule has 1 aliphatic rings. The molecule has 0 aromatic heterocycles. The minimum atomic E-state index is -0.699. The lowest BCUT2D eigenvalue weighted by Crippen LogP contribution is -2.49. The van der Waals surface area contributed by atoms with E-state index < -0.39 is 5.60 Å². The van der Waals surface area contributed by atoms with Gasteiger partial charge in [0.15, 0.2) is 0 Å². The van der Waals surface area contributed by atoms with E-state index in [2.05, 4.69) is 24.1 Å². The molecule has 3 rings (SSSR count). The topological polar surface area (TPSA) is 43.8 Å². The molecule has 0 radical (unpaired) electrons. The maximum Gasteiger partial charge on any atom is 0.254 e. The molecule has 1 amide bonds.